The molecule has 0 saturated carbocycles. The minimum absolute atomic E-state index is 0.102. The van der Waals surface area contributed by atoms with Gasteiger partial charge in [-0.25, -0.2) is 4.79 Å². The number of carboxylic acid groups (broad SMARTS) is 1. The van der Waals surface area contributed by atoms with Crippen molar-refractivity contribution >= 4 is 28.5 Å². The van der Waals surface area contributed by atoms with Crippen LogP contribution in [0.15, 0.2) is 16.9 Å². The number of H-pyrrole nitrogens is 2. The van der Waals surface area contributed by atoms with E-state index in [9.17, 15) is 9.59 Å². The van der Waals surface area contributed by atoms with Crippen molar-refractivity contribution in [2.45, 2.75) is 0 Å². The normalized spacial score (nSPS) is 10.6. The summed E-state index contributed by atoms with van der Waals surface area (Å²) in [4.78, 5) is 22.0. The van der Waals surface area contributed by atoms with Crippen molar-refractivity contribution in [1.82, 2.24) is 10.2 Å². The number of nitrogens with one attached hydrogen (secondary N) is 2. The lowest BCUT2D eigenvalue weighted by Gasteiger charge is -1.96. The van der Waals surface area contributed by atoms with E-state index in [0.29, 0.717) is 5.52 Å². The summed E-state index contributed by atoms with van der Waals surface area (Å²) < 4.78 is 0. The minimum atomic E-state index is -1.18. The van der Waals surface area contributed by atoms with Gasteiger partial charge >= 0.3 is 5.97 Å². The number of carboxylic acids is 1. The molecule has 0 aliphatic rings. The first kappa shape index (κ1) is 8.83. The Labute approximate surface area is 82.3 Å². The summed E-state index contributed by atoms with van der Waals surface area (Å²) in [6, 6.07) is 2.73. The molecule has 0 atom stereocenters. The average Bonchev–Trinajstić information content (AvgIpc) is 2.46. The van der Waals surface area contributed by atoms with Gasteiger partial charge in [-0.3, -0.25) is 15.0 Å². The van der Waals surface area contributed by atoms with Crippen LogP contribution in [0, 0.1) is 0 Å². The number of rotatable bonds is 1. The Morgan fingerprint density at radius 2 is 2.07 bits per heavy atom. The van der Waals surface area contributed by atoms with E-state index in [1.54, 1.807) is 0 Å². The van der Waals surface area contributed by atoms with Crippen molar-refractivity contribution in [3.63, 3.8) is 0 Å². The molecule has 14 heavy (non-hydrogen) atoms. The molecule has 0 bridgehead atoms. The lowest BCUT2D eigenvalue weighted by molar-refractivity contribution is 0.0699. The molecule has 6 heteroatoms. The highest BCUT2D eigenvalue weighted by Crippen LogP contribution is 2.19. The van der Waals surface area contributed by atoms with Gasteiger partial charge in [0.05, 0.1) is 16.5 Å². The number of aromatic carboxylic acids is 1. The number of benzene rings is 1. The first-order valence-electron chi connectivity index (χ1n) is 3.73. The van der Waals surface area contributed by atoms with Crippen molar-refractivity contribution in [2.24, 2.45) is 0 Å². The van der Waals surface area contributed by atoms with Gasteiger partial charge in [0.1, 0.15) is 0 Å². The second-order valence-electron chi connectivity index (χ2n) is 2.76. The predicted molar refractivity (Wildman–Crippen MR) is 50.9 cm³/mol. The summed E-state index contributed by atoms with van der Waals surface area (Å²) in [7, 11) is 0. The van der Waals surface area contributed by atoms with Crippen LogP contribution in [0.1, 0.15) is 10.4 Å². The van der Waals surface area contributed by atoms with Gasteiger partial charge in [0, 0.05) is 5.02 Å². The van der Waals surface area contributed by atoms with Crippen LogP contribution in [0.25, 0.3) is 10.9 Å². The van der Waals surface area contributed by atoms with Crippen LogP contribution < -0.4 is 5.56 Å². The first-order valence-corrected chi connectivity index (χ1v) is 4.10. The molecule has 0 amide bonds. The summed E-state index contributed by atoms with van der Waals surface area (Å²) in [5, 5.41) is 14.0. The second-order valence-corrected chi connectivity index (χ2v) is 3.20. The standard InChI is InChI=1S/C8H5ClN2O3/c9-3-1-4(8(13)14)6-5(2-3)10-11-7(6)12/h1-2H,(H,13,14)(H2,10,11,12). The fourth-order valence-corrected chi connectivity index (χ4v) is 1.52. The van der Waals surface area contributed by atoms with Crippen molar-refractivity contribution in [1.29, 1.82) is 0 Å². The van der Waals surface area contributed by atoms with Crippen LogP contribution in [-0.4, -0.2) is 21.3 Å². The van der Waals surface area contributed by atoms with Crippen molar-refractivity contribution in [3.05, 3.63) is 33.1 Å². The summed E-state index contributed by atoms with van der Waals surface area (Å²) >= 11 is 5.68. The largest absolute Gasteiger partial charge is 0.478 e. The predicted octanol–water partition coefficient (Wildman–Crippen LogP) is 1.21. The highest BCUT2D eigenvalue weighted by molar-refractivity contribution is 6.32. The third kappa shape index (κ3) is 1.18. The lowest BCUT2D eigenvalue weighted by atomic mass is 10.1. The summed E-state index contributed by atoms with van der Waals surface area (Å²) in [6.45, 7) is 0. The van der Waals surface area contributed by atoms with E-state index in [2.05, 4.69) is 10.2 Å². The molecule has 0 saturated heterocycles. The van der Waals surface area contributed by atoms with Gasteiger partial charge in [-0.05, 0) is 12.1 Å². The molecule has 1 aromatic carbocycles. The van der Waals surface area contributed by atoms with Crippen LogP contribution in [0.5, 0.6) is 0 Å². The average molecular weight is 213 g/mol. The Kier molecular flexibility index (Phi) is 1.82. The fourth-order valence-electron chi connectivity index (χ4n) is 1.31. The van der Waals surface area contributed by atoms with Gasteiger partial charge in [-0.1, -0.05) is 11.6 Å². The number of hydrogen-bond acceptors (Lipinski definition) is 2. The molecule has 0 fully saturated rings. The van der Waals surface area contributed by atoms with E-state index in [0.717, 1.165) is 0 Å². The zero-order valence-corrected chi connectivity index (χ0v) is 7.55. The molecule has 3 N–H and O–H groups in total. The highest BCUT2D eigenvalue weighted by atomic mass is 35.5. The van der Waals surface area contributed by atoms with Crippen molar-refractivity contribution in [2.75, 3.05) is 0 Å². The molecule has 1 aromatic heterocycles. The maximum atomic E-state index is 11.2. The lowest BCUT2D eigenvalue weighted by Crippen LogP contribution is -2.05. The van der Waals surface area contributed by atoms with Crippen LogP contribution in [0.2, 0.25) is 5.02 Å². The third-order valence-electron chi connectivity index (χ3n) is 1.87. The fraction of sp³-hybridized carbons (Fsp3) is 0. The van der Waals surface area contributed by atoms with Gasteiger partial charge in [0.2, 0.25) is 0 Å². The van der Waals surface area contributed by atoms with E-state index in [-0.39, 0.29) is 16.0 Å². The number of aromatic nitrogens is 2. The van der Waals surface area contributed by atoms with Gasteiger partial charge in [0.15, 0.2) is 0 Å². The Balaban J connectivity index is 2.98. The van der Waals surface area contributed by atoms with E-state index in [1.165, 1.54) is 12.1 Å². The molecule has 0 aliphatic carbocycles. The maximum absolute atomic E-state index is 11.2. The molecule has 2 aromatic rings. The van der Waals surface area contributed by atoms with Crippen molar-refractivity contribution < 1.29 is 9.90 Å². The number of halogens is 1. The molecule has 0 aliphatic heterocycles. The van der Waals surface area contributed by atoms with Crippen LogP contribution >= 0.6 is 11.6 Å². The van der Waals surface area contributed by atoms with E-state index in [4.69, 9.17) is 16.7 Å². The molecule has 2 rings (SSSR count). The van der Waals surface area contributed by atoms with Crippen LogP contribution in [0.4, 0.5) is 0 Å². The second kappa shape index (κ2) is 2.88. The maximum Gasteiger partial charge on any atom is 0.336 e. The number of carbonyl (C=O) groups is 1. The number of fused-ring (bicyclic) bond motifs is 1. The van der Waals surface area contributed by atoms with Crippen LogP contribution in [0.3, 0.4) is 0 Å². The zero-order valence-electron chi connectivity index (χ0n) is 6.80. The molecular formula is C8H5ClN2O3. The quantitative estimate of drug-likeness (QED) is 0.664. The topological polar surface area (TPSA) is 85.9 Å². The van der Waals surface area contributed by atoms with Gasteiger partial charge < -0.3 is 5.11 Å². The molecule has 0 radical (unpaired) electrons. The summed E-state index contributed by atoms with van der Waals surface area (Å²) in [5.74, 6) is -1.18. The number of hydrogen-bond donors (Lipinski definition) is 3. The Morgan fingerprint density at radius 3 is 2.71 bits per heavy atom. The molecule has 5 nitrogen and oxygen atoms in total. The van der Waals surface area contributed by atoms with E-state index in [1.807, 2.05) is 0 Å². The minimum Gasteiger partial charge on any atom is -0.478 e. The summed E-state index contributed by atoms with van der Waals surface area (Å²) in [5.41, 5.74) is -0.177. The number of aromatic amines is 2. The molecule has 72 valence electrons. The monoisotopic (exact) mass is 212 g/mol. The van der Waals surface area contributed by atoms with Gasteiger partial charge in [0.25, 0.3) is 5.56 Å². The zero-order chi connectivity index (χ0) is 10.3. The smallest absolute Gasteiger partial charge is 0.336 e. The van der Waals surface area contributed by atoms with E-state index < -0.39 is 11.5 Å². The molecular weight excluding hydrogens is 208 g/mol. The van der Waals surface area contributed by atoms with Gasteiger partial charge in [-0.15, -0.1) is 0 Å². The van der Waals surface area contributed by atoms with Crippen LogP contribution in [-0.2, 0) is 0 Å². The molecule has 0 spiro atoms. The van der Waals surface area contributed by atoms with Gasteiger partial charge in [-0.2, -0.15) is 0 Å². The van der Waals surface area contributed by atoms with Crippen molar-refractivity contribution in [3.8, 4) is 0 Å². The summed E-state index contributed by atoms with van der Waals surface area (Å²) in [6.07, 6.45) is 0. The Bertz CT molecular complexity index is 569. The SMILES string of the molecule is O=C(O)c1cc(Cl)cc2[nH][nH]c(=O)c12. The molecule has 1 heterocycles. The third-order valence-corrected chi connectivity index (χ3v) is 2.09. The molecule has 0 unspecified atom stereocenters. The Hall–Kier alpha value is -1.75. The van der Waals surface area contributed by atoms with E-state index >= 15 is 0 Å². The first-order chi connectivity index (χ1) is 6.59. The highest BCUT2D eigenvalue weighted by Gasteiger charge is 2.13. The Morgan fingerprint density at radius 1 is 1.36 bits per heavy atom.